The molecule has 0 saturated carbocycles. The summed E-state index contributed by atoms with van der Waals surface area (Å²) >= 11 is 5.67. The first kappa shape index (κ1) is 10.2. The van der Waals surface area contributed by atoms with Gasteiger partial charge in [-0.05, 0) is 25.0 Å². The predicted molar refractivity (Wildman–Crippen MR) is 60.4 cm³/mol. The first-order valence-electron chi connectivity index (χ1n) is 4.93. The van der Waals surface area contributed by atoms with Crippen LogP contribution in [0.4, 0.5) is 0 Å². The largest absolute Gasteiger partial charge is 0.218 e. The highest BCUT2D eigenvalue weighted by Crippen LogP contribution is 2.10. The van der Waals surface area contributed by atoms with Gasteiger partial charge in [0.1, 0.15) is 0 Å². The maximum atomic E-state index is 5.67. The van der Waals surface area contributed by atoms with Gasteiger partial charge in [-0.1, -0.05) is 23.4 Å². The van der Waals surface area contributed by atoms with E-state index in [9.17, 15) is 0 Å². The van der Waals surface area contributed by atoms with Crippen molar-refractivity contribution in [3.05, 3.63) is 42.2 Å². The van der Waals surface area contributed by atoms with Gasteiger partial charge >= 0.3 is 0 Å². The fourth-order valence-electron chi connectivity index (χ4n) is 1.46. The van der Waals surface area contributed by atoms with Crippen LogP contribution in [0.1, 0.15) is 12.1 Å². The molecule has 0 unspecified atom stereocenters. The first-order chi connectivity index (χ1) is 7.42. The van der Waals surface area contributed by atoms with Gasteiger partial charge in [0.25, 0.3) is 0 Å². The third-order valence-electron chi connectivity index (χ3n) is 2.19. The Morgan fingerprint density at radius 2 is 2.00 bits per heavy atom. The average molecular weight is 222 g/mol. The zero-order valence-electron chi connectivity index (χ0n) is 8.31. The van der Waals surface area contributed by atoms with Crippen LogP contribution < -0.4 is 0 Å². The highest BCUT2D eigenvalue weighted by molar-refractivity contribution is 6.17. The zero-order valence-corrected chi connectivity index (χ0v) is 9.06. The number of benzene rings is 1. The number of rotatable bonds is 4. The number of halogens is 1. The van der Waals surface area contributed by atoms with E-state index in [1.165, 1.54) is 0 Å². The molecule has 78 valence electrons. The van der Waals surface area contributed by atoms with Crippen molar-refractivity contribution in [2.75, 3.05) is 5.88 Å². The molecule has 0 saturated heterocycles. The minimum absolute atomic E-state index is 0.667. The molecule has 0 amide bonds. The van der Waals surface area contributed by atoms with Crippen LogP contribution in [0.15, 0.2) is 36.5 Å². The van der Waals surface area contributed by atoms with Gasteiger partial charge < -0.3 is 0 Å². The lowest BCUT2D eigenvalue weighted by atomic mass is 10.2. The van der Waals surface area contributed by atoms with Gasteiger partial charge in [0.2, 0.25) is 0 Å². The summed E-state index contributed by atoms with van der Waals surface area (Å²) in [6, 6.07) is 9.99. The lowest BCUT2D eigenvalue weighted by molar-refractivity contribution is 0.747. The Kier molecular flexibility index (Phi) is 3.35. The Morgan fingerprint density at radius 3 is 2.73 bits per heavy atom. The predicted octanol–water partition coefficient (Wildman–Crippen LogP) is 2.44. The molecule has 3 nitrogen and oxygen atoms in total. The second-order valence-corrected chi connectivity index (χ2v) is 3.64. The lowest BCUT2D eigenvalue weighted by Gasteiger charge is -2.04. The molecule has 0 spiro atoms. The molecular weight excluding hydrogens is 210 g/mol. The summed E-state index contributed by atoms with van der Waals surface area (Å²) in [5.41, 5.74) is 2.14. The summed E-state index contributed by atoms with van der Waals surface area (Å²) in [5.74, 6) is 0.667. The smallest absolute Gasteiger partial charge is 0.0729 e. The lowest BCUT2D eigenvalue weighted by Crippen LogP contribution is -2.02. The van der Waals surface area contributed by atoms with Crippen molar-refractivity contribution in [3.63, 3.8) is 0 Å². The van der Waals surface area contributed by atoms with Crippen molar-refractivity contribution < 1.29 is 0 Å². The van der Waals surface area contributed by atoms with E-state index in [-0.39, 0.29) is 0 Å². The molecule has 0 fully saturated rings. The summed E-state index contributed by atoms with van der Waals surface area (Å²) in [4.78, 5) is 0. The standard InChI is InChI=1S/C11H12ClN3/c12-8-4-7-11-9-13-14-15(11)10-5-2-1-3-6-10/h1-3,5-6,9H,4,7-8H2. The van der Waals surface area contributed by atoms with Gasteiger partial charge in [-0.15, -0.1) is 16.7 Å². The maximum Gasteiger partial charge on any atom is 0.0729 e. The van der Waals surface area contributed by atoms with Gasteiger partial charge in [-0.2, -0.15) is 0 Å². The number of hydrogen-bond acceptors (Lipinski definition) is 2. The van der Waals surface area contributed by atoms with Gasteiger partial charge in [-0.3, -0.25) is 0 Å². The molecule has 4 heteroatoms. The Bertz CT molecular complexity index is 411. The molecule has 0 aliphatic rings. The van der Waals surface area contributed by atoms with Crippen LogP contribution in [0.2, 0.25) is 0 Å². The zero-order chi connectivity index (χ0) is 10.5. The third kappa shape index (κ3) is 2.36. The van der Waals surface area contributed by atoms with Crippen molar-refractivity contribution in [2.24, 2.45) is 0 Å². The topological polar surface area (TPSA) is 30.7 Å². The fraction of sp³-hybridized carbons (Fsp3) is 0.273. The van der Waals surface area contributed by atoms with Gasteiger partial charge in [0.15, 0.2) is 0 Å². The first-order valence-corrected chi connectivity index (χ1v) is 5.46. The van der Waals surface area contributed by atoms with Crippen LogP contribution in [0.5, 0.6) is 0 Å². The molecule has 2 rings (SSSR count). The summed E-state index contributed by atoms with van der Waals surface area (Å²) in [7, 11) is 0. The van der Waals surface area contributed by atoms with Crippen molar-refractivity contribution in [2.45, 2.75) is 12.8 Å². The quantitative estimate of drug-likeness (QED) is 0.743. The molecule has 2 aromatic rings. The number of nitrogens with zero attached hydrogens (tertiary/aromatic N) is 3. The van der Waals surface area contributed by atoms with E-state index in [1.54, 1.807) is 6.20 Å². The fourth-order valence-corrected chi connectivity index (χ4v) is 1.59. The van der Waals surface area contributed by atoms with E-state index in [2.05, 4.69) is 10.3 Å². The van der Waals surface area contributed by atoms with E-state index in [0.717, 1.165) is 24.2 Å². The van der Waals surface area contributed by atoms with E-state index in [4.69, 9.17) is 11.6 Å². The highest BCUT2D eigenvalue weighted by atomic mass is 35.5. The molecule has 15 heavy (non-hydrogen) atoms. The Morgan fingerprint density at radius 1 is 1.20 bits per heavy atom. The van der Waals surface area contributed by atoms with Crippen LogP contribution in [-0.4, -0.2) is 20.9 Å². The van der Waals surface area contributed by atoms with E-state index in [1.807, 2.05) is 35.0 Å². The van der Waals surface area contributed by atoms with Crippen LogP contribution in [-0.2, 0) is 6.42 Å². The SMILES string of the molecule is ClCCCc1cnnn1-c1ccccc1. The monoisotopic (exact) mass is 221 g/mol. The van der Waals surface area contributed by atoms with Crippen LogP contribution >= 0.6 is 11.6 Å². The summed E-state index contributed by atoms with van der Waals surface area (Å²) in [6.45, 7) is 0. The van der Waals surface area contributed by atoms with Crippen LogP contribution in [0.3, 0.4) is 0 Å². The third-order valence-corrected chi connectivity index (χ3v) is 2.45. The van der Waals surface area contributed by atoms with Gasteiger partial charge in [-0.25, -0.2) is 4.68 Å². The summed E-state index contributed by atoms with van der Waals surface area (Å²) in [5, 5.41) is 7.98. The molecule has 1 heterocycles. The number of alkyl halides is 1. The average Bonchev–Trinajstić information content (AvgIpc) is 2.75. The van der Waals surface area contributed by atoms with Gasteiger partial charge in [0, 0.05) is 5.88 Å². The maximum absolute atomic E-state index is 5.67. The van der Waals surface area contributed by atoms with Crippen molar-refractivity contribution in [1.82, 2.24) is 15.0 Å². The molecule has 1 aromatic carbocycles. The molecule has 0 aliphatic heterocycles. The molecule has 0 bridgehead atoms. The number of hydrogen-bond donors (Lipinski definition) is 0. The molecule has 0 atom stereocenters. The van der Waals surface area contributed by atoms with Crippen molar-refractivity contribution >= 4 is 11.6 Å². The second kappa shape index (κ2) is 4.94. The van der Waals surface area contributed by atoms with Crippen LogP contribution in [0, 0.1) is 0 Å². The molecule has 1 aromatic heterocycles. The van der Waals surface area contributed by atoms with E-state index < -0.39 is 0 Å². The minimum Gasteiger partial charge on any atom is -0.218 e. The summed E-state index contributed by atoms with van der Waals surface area (Å²) in [6.07, 6.45) is 3.65. The van der Waals surface area contributed by atoms with E-state index in [0.29, 0.717) is 5.88 Å². The summed E-state index contributed by atoms with van der Waals surface area (Å²) < 4.78 is 1.85. The normalized spacial score (nSPS) is 10.5. The Labute approximate surface area is 93.7 Å². The van der Waals surface area contributed by atoms with Crippen LogP contribution in [0.25, 0.3) is 5.69 Å². The molecule has 0 radical (unpaired) electrons. The minimum atomic E-state index is 0.667. The molecule has 0 N–H and O–H groups in total. The Balaban J connectivity index is 2.25. The van der Waals surface area contributed by atoms with E-state index >= 15 is 0 Å². The highest BCUT2D eigenvalue weighted by Gasteiger charge is 2.04. The second-order valence-electron chi connectivity index (χ2n) is 3.27. The molecule has 0 aliphatic carbocycles. The van der Waals surface area contributed by atoms with Crippen molar-refractivity contribution in [1.29, 1.82) is 0 Å². The molecular formula is C11H12ClN3. The number of aromatic nitrogens is 3. The number of para-hydroxylation sites is 1. The van der Waals surface area contributed by atoms with Gasteiger partial charge in [0.05, 0.1) is 17.6 Å². The number of aryl methyl sites for hydroxylation is 1. The van der Waals surface area contributed by atoms with Crippen molar-refractivity contribution in [3.8, 4) is 5.69 Å². The Hall–Kier alpha value is -1.35.